The molecule has 2 aliphatic rings. The molecular weight excluding hydrogens is 324 g/mol. The molecule has 2 aromatic heterocycles. The minimum absolute atomic E-state index is 0.483. The topological polar surface area (TPSA) is 58.9 Å². The van der Waals surface area contributed by atoms with Crippen LogP contribution in [-0.2, 0) is 6.54 Å². The number of anilines is 2. The molecule has 6 nitrogen and oxygen atoms in total. The Balaban J connectivity index is 1.36. The number of nitrogens with zero attached hydrogens (tertiary/aromatic N) is 5. The first-order valence-electron chi connectivity index (χ1n) is 8.82. The van der Waals surface area contributed by atoms with Gasteiger partial charge in [-0.25, -0.2) is 9.97 Å². The molecule has 4 rings (SSSR count). The summed E-state index contributed by atoms with van der Waals surface area (Å²) in [4.78, 5) is 11.4. The molecule has 0 aromatic carbocycles. The van der Waals surface area contributed by atoms with E-state index in [1.54, 1.807) is 6.07 Å². The fraction of sp³-hybridized carbons (Fsp3) is 0.588. The van der Waals surface area contributed by atoms with Crippen LogP contribution < -0.4 is 5.32 Å². The quantitative estimate of drug-likeness (QED) is 0.812. The van der Waals surface area contributed by atoms with Crippen LogP contribution in [0.1, 0.15) is 43.8 Å². The maximum atomic E-state index is 6.11. The lowest BCUT2D eigenvalue weighted by Crippen LogP contribution is -2.32. The van der Waals surface area contributed by atoms with Gasteiger partial charge in [-0.05, 0) is 38.8 Å². The van der Waals surface area contributed by atoms with Crippen LogP contribution in [0.5, 0.6) is 0 Å². The first-order valence-corrected chi connectivity index (χ1v) is 9.20. The lowest BCUT2D eigenvalue weighted by molar-refractivity contribution is 0.218. The van der Waals surface area contributed by atoms with E-state index in [-0.39, 0.29) is 0 Å². The van der Waals surface area contributed by atoms with Gasteiger partial charge in [-0.1, -0.05) is 18.0 Å². The summed E-state index contributed by atoms with van der Waals surface area (Å²) in [5.74, 6) is 2.08. The van der Waals surface area contributed by atoms with Crippen LogP contribution in [-0.4, -0.2) is 44.3 Å². The third kappa shape index (κ3) is 4.05. The predicted octanol–water partition coefficient (Wildman–Crippen LogP) is 3.43. The van der Waals surface area contributed by atoms with Crippen LogP contribution in [0.2, 0.25) is 5.15 Å². The molecule has 1 aliphatic heterocycles. The molecule has 1 saturated heterocycles. The van der Waals surface area contributed by atoms with E-state index >= 15 is 0 Å². The average molecular weight is 347 g/mol. The standard InChI is InChI=1S/C17H23ClN6/c18-15-10-16(22-17(21-15)13-4-5-13)20-14-11-19-24(12-14)9-8-23-6-2-1-3-7-23/h10-13H,1-9H2,(H,20,21,22). The van der Waals surface area contributed by atoms with Crippen LogP contribution in [0.3, 0.4) is 0 Å². The second kappa shape index (κ2) is 7.07. The van der Waals surface area contributed by atoms with E-state index in [2.05, 4.69) is 25.3 Å². The van der Waals surface area contributed by atoms with Gasteiger partial charge in [0.15, 0.2) is 0 Å². The van der Waals surface area contributed by atoms with Crippen molar-refractivity contribution in [3.05, 3.63) is 29.4 Å². The van der Waals surface area contributed by atoms with Gasteiger partial charge in [0.05, 0.1) is 18.4 Å². The molecule has 1 N–H and O–H groups in total. The highest BCUT2D eigenvalue weighted by Gasteiger charge is 2.27. The number of hydrogen-bond donors (Lipinski definition) is 1. The van der Waals surface area contributed by atoms with Gasteiger partial charge in [-0.15, -0.1) is 0 Å². The van der Waals surface area contributed by atoms with E-state index in [1.165, 1.54) is 32.4 Å². The third-order valence-corrected chi connectivity index (χ3v) is 4.85. The maximum Gasteiger partial charge on any atom is 0.135 e. The number of likely N-dealkylation sites (tertiary alicyclic amines) is 1. The second-order valence-corrected chi connectivity index (χ2v) is 7.12. The monoisotopic (exact) mass is 346 g/mol. The highest BCUT2D eigenvalue weighted by atomic mass is 35.5. The molecule has 128 valence electrons. The predicted molar refractivity (Wildman–Crippen MR) is 94.8 cm³/mol. The van der Waals surface area contributed by atoms with Gasteiger partial charge in [-0.2, -0.15) is 5.10 Å². The van der Waals surface area contributed by atoms with Gasteiger partial charge in [0.2, 0.25) is 0 Å². The summed E-state index contributed by atoms with van der Waals surface area (Å²) in [5, 5.41) is 8.23. The molecule has 0 amide bonds. The lowest BCUT2D eigenvalue weighted by Gasteiger charge is -2.26. The molecule has 0 spiro atoms. The molecule has 1 saturated carbocycles. The van der Waals surface area contributed by atoms with Crippen LogP contribution in [0.4, 0.5) is 11.5 Å². The normalized spacial score (nSPS) is 18.7. The molecular formula is C17H23ClN6. The summed E-state index contributed by atoms with van der Waals surface area (Å²) in [6.45, 7) is 4.41. The Morgan fingerprint density at radius 3 is 2.75 bits per heavy atom. The summed E-state index contributed by atoms with van der Waals surface area (Å²) >= 11 is 6.11. The van der Waals surface area contributed by atoms with Crippen LogP contribution in [0.15, 0.2) is 18.5 Å². The van der Waals surface area contributed by atoms with Crippen molar-refractivity contribution in [3.8, 4) is 0 Å². The average Bonchev–Trinajstić information content (AvgIpc) is 3.35. The van der Waals surface area contributed by atoms with E-state index < -0.39 is 0 Å². The SMILES string of the molecule is Clc1cc(Nc2cnn(CCN3CCCCC3)c2)nc(C2CC2)n1. The number of nitrogens with one attached hydrogen (secondary N) is 1. The molecule has 2 fully saturated rings. The number of aromatic nitrogens is 4. The Morgan fingerprint density at radius 1 is 1.12 bits per heavy atom. The Kier molecular flexibility index (Phi) is 4.67. The summed E-state index contributed by atoms with van der Waals surface area (Å²) in [7, 11) is 0. The fourth-order valence-electron chi connectivity index (χ4n) is 3.15. The van der Waals surface area contributed by atoms with Gasteiger partial charge in [0.1, 0.15) is 16.8 Å². The summed E-state index contributed by atoms with van der Waals surface area (Å²) in [5.41, 5.74) is 0.935. The van der Waals surface area contributed by atoms with Crippen LogP contribution in [0.25, 0.3) is 0 Å². The first-order chi connectivity index (χ1) is 11.8. The van der Waals surface area contributed by atoms with Crippen molar-refractivity contribution in [2.24, 2.45) is 0 Å². The Morgan fingerprint density at radius 2 is 1.96 bits per heavy atom. The van der Waals surface area contributed by atoms with Gasteiger partial charge in [-0.3, -0.25) is 4.68 Å². The van der Waals surface area contributed by atoms with Gasteiger partial charge < -0.3 is 10.2 Å². The van der Waals surface area contributed by atoms with Crippen LogP contribution >= 0.6 is 11.6 Å². The zero-order valence-electron chi connectivity index (χ0n) is 13.8. The van der Waals surface area contributed by atoms with Gasteiger partial charge >= 0.3 is 0 Å². The zero-order valence-corrected chi connectivity index (χ0v) is 14.5. The number of piperidine rings is 1. The summed E-state index contributed by atoms with van der Waals surface area (Å²) in [6.07, 6.45) is 10.2. The Labute approximate surface area is 147 Å². The van der Waals surface area contributed by atoms with Crippen molar-refractivity contribution in [3.63, 3.8) is 0 Å². The summed E-state index contributed by atoms with van der Waals surface area (Å²) < 4.78 is 1.99. The highest BCUT2D eigenvalue weighted by Crippen LogP contribution is 2.38. The molecule has 1 aliphatic carbocycles. The molecule has 0 atom stereocenters. The smallest absolute Gasteiger partial charge is 0.135 e. The van der Waals surface area contributed by atoms with Crippen LogP contribution in [0, 0.1) is 0 Å². The van der Waals surface area contributed by atoms with E-state index in [9.17, 15) is 0 Å². The summed E-state index contributed by atoms with van der Waals surface area (Å²) in [6, 6.07) is 1.76. The minimum Gasteiger partial charge on any atom is -0.338 e. The maximum absolute atomic E-state index is 6.11. The van der Waals surface area contributed by atoms with Crippen molar-refractivity contribution < 1.29 is 0 Å². The van der Waals surface area contributed by atoms with Crippen molar-refractivity contribution >= 4 is 23.1 Å². The fourth-order valence-corrected chi connectivity index (χ4v) is 3.34. The molecule has 0 radical (unpaired) electrons. The van der Waals surface area contributed by atoms with E-state index in [1.807, 2.05) is 17.1 Å². The highest BCUT2D eigenvalue weighted by molar-refractivity contribution is 6.29. The lowest BCUT2D eigenvalue weighted by atomic mass is 10.1. The molecule has 2 aromatic rings. The Hall–Kier alpha value is -1.66. The van der Waals surface area contributed by atoms with E-state index in [0.29, 0.717) is 11.1 Å². The van der Waals surface area contributed by atoms with Crippen molar-refractivity contribution in [1.29, 1.82) is 0 Å². The van der Waals surface area contributed by atoms with Gasteiger partial charge in [0.25, 0.3) is 0 Å². The molecule has 7 heteroatoms. The van der Waals surface area contributed by atoms with Gasteiger partial charge in [0, 0.05) is 24.7 Å². The molecule has 0 unspecified atom stereocenters. The third-order valence-electron chi connectivity index (χ3n) is 4.65. The largest absolute Gasteiger partial charge is 0.338 e. The molecule has 0 bridgehead atoms. The van der Waals surface area contributed by atoms with Crippen molar-refractivity contribution in [2.75, 3.05) is 25.0 Å². The second-order valence-electron chi connectivity index (χ2n) is 6.73. The molecule has 24 heavy (non-hydrogen) atoms. The number of halogens is 1. The zero-order chi connectivity index (χ0) is 16.4. The number of hydrogen-bond acceptors (Lipinski definition) is 5. The van der Waals surface area contributed by atoms with Crippen molar-refractivity contribution in [2.45, 2.75) is 44.6 Å². The van der Waals surface area contributed by atoms with E-state index in [4.69, 9.17) is 11.6 Å². The minimum atomic E-state index is 0.483. The van der Waals surface area contributed by atoms with Crippen molar-refractivity contribution in [1.82, 2.24) is 24.6 Å². The first kappa shape index (κ1) is 15.8. The van der Waals surface area contributed by atoms with E-state index in [0.717, 1.165) is 43.3 Å². The Bertz CT molecular complexity index is 690. The molecule has 3 heterocycles. The number of rotatable bonds is 6.